The lowest BCUT2D eigenvalue weighted by Crippen LogP contribution is -2.39. The third-order valence-corrected chi connectivity index (χ3v) is 15.5. The molecule has 1 aliphatic heterocycles. The Labute approximate surface area is 102 Å². The van der Waals surface area contributed by atoms with Crippen molar-refractivity contribution < 1.29 is 10.2 Å². The molecule has 96 valence electrons. The van der Waals surface area contributed by atoms with E-state index in [1.165, 1.54) is 0 Å². The molecule has 1 heterocycles. The Kier molecular flexibility index (Phi) is 5.21. The van der Waals surface area contributed by atoms with Crippen LogP contribution in [0.5, 0.6) is 0 Å². The number of rotatable bonds is 4. The molecule has 2 nitrogen and oxygen atoms in total. The van der Waals surface area contributed by atoms with Crippen LogP contribution in [0.4, 0.5) is 0 Å². The highest BCUT2D eigenvalue weighted by atomic mass is 31.2. The Morgan fingerprint density at radius 3 is 1.19 bits per heavy atom. The van der Waals surface area contributed by atoms with E-state index >= 15 is 0 Å². The van der Waals surface area contributed by atoms with Crippen molar-refractivity contribution in [2.24, 2.45) is 0 Å². The Bertz CT molecular complexity index is 201. The van der Waals surface area contributed by atoms with Gasteiger partial charge in [-0.1, -0.05) is 0 Å². The van der Waals surface area contributed by atoms with Gasteiger partial charge in [0.2, 0.25) is 0 Å². The Hall–Kier alpha value is 0.780. The van der Waals surface area contributed by atoms with Gasteiger partial charge in [-0.15, -0.1) is 0 Å². The summed E-state index contributed by atoms with van der Waals surface area (Å²) in [6.45, 7) is 8.76. The van der Waals surface area contributed by atoms with Crippen LogP contribution in [0, 0.1) is 0 Å². The highest BCUT2D eigenvalue weighted by molar-refractivity contribution is 7.83. The Balaban J connectivity index is 2.92. The van der Waals surface area contributed by atoms with Gasteiger partial charge in [0, 0.05) is 0 Å². The molecule has 2 unspecified atom stereocenters. The molecule has 2 atom stereocenters. The van der Waals surface area contributed by atoms with Gasteiger partial charge in [-0.25, -0.2) is 0 Å². The van der Waals surface area contributed by atoms with Crippen LogP contribution >= 0.6 is 14.5 Å². The molecule has 1 saturated heterocycles. The summed E-state index contributed by atoms with van der Waals surface area (Å²) in [6, 6.07) is 0. The first-order chi connectivity index (χ1) is 7.50. The van der Waals surface area contributed by atoms with Gasteiger partial charge in [0.1, 0.15) is 12.3 Å². The second-order valence-electron chi connectivity index (χ2n) is 5.03. The van der Waals surface area contributed by atoms with E-state index in [2.05, 4.69) is 27.7 Å². The minimum absolute atomic E-state index is 0.0841. The van der Waals surface area contributed by atoms with Crippen molar-refractivity contribution in [2.75, 3.05) is 37.0 Å². The summed E-state index contributed by atoms with van der Waals surface area (Å²) >= 11 is 0. The molecular formula is C12H28O2P2+2. The van der Waals surface area contributed by atoms with Crippen molar-refractivity contribution >= 4 is 14.5 Å². The normalized spacial score (nSPS) is 32.6. The van der Waals surface area contributed by atoms with E-state index < -0.39 is 14.5 Å². The molecule has 1 fully saturated rings. The summed E-state index contributed by atoms with van der Waals surface area (Å²) in [6.07, 6.45) is 6.22. The van der Waals surface area contributed by atoms with Crippen LogP contribution in [0.25, 0.3) is 0 Å². The molecule has 0 aliphatic carbocycles. The molecule has 0 aromatic heterocycles. The predicted octanol–water partition coefficient (Wildman–Crippen LogP) is 2.75. The topological polar surface area (TPSA) is 40.5 Å². The van der Waals surface area contributed by atoms with Gasteiger partial charge in [-0.05, 0) is 27.7 Å². The van der Waals surface area contributed by atoms with Crippen LogP contribution < -0.4 is 0 Å². The lowest BCUT2D eigenvalue weighted by Gasteiger charge is -2.42. The molecule has 4 heteroatoms. The zero-order valence-corrected chi connectivity index (χ0v) is 13.0. The van der Waals surface area contributed by atoms with Crippen LogP contribution in [-0.2, 0) is 0 Å². The minimum atomic E-state index is -1.27. The monoisotopic (exact) mass is 266 g/mol. The van der Waals surface area contributed by atoms with Gasteiger partial charge < -0.3 is 10.2 Å². The maximum absolute atomic E-state index is 10.5. The van der Waals surface area contributed by atoms with E-state index in [1.54, 1.807) is 0 Å². The molecule has 0 spiro atoms. The number of aliphatic hydroxyl groups is 2. The second kappa shape index (κ2) is 5.61. The second-order valence-corrected chi connectivity index (χ2v) is 14.4. The highest BCUT2D eigenvalue weighted by Gasteiger charge is 2.60. The molecular weight excluding hydrogens is 238 g/mol. The lowest BCUT2D eigenvalue weighted by molar-refractivity contribution is 0.243. The van der Waals surface area contributed by atoms with Gasteiger partial charge in [-0.2, -0.15) is 0 Å². The minimum Gasteiger partial charge on any atom is -0.356 e. The summed E-state index contributed by atoms with van der Waals surface area (Å²) in [7, 11) is -2.54. The molecule has 1 rings (SSSR count). The van der Waals surface area contributed by atoms with Crippen LogP contribution in [0.2, 0.25) is 0 Å². The van der Waals surface area contributed by atoms with Crippen molar-refractivity contribution in [2.45, 2.75) is 39.4 Å². The van der Waals surface area contributed by atoms with E-state index in [9.17, 15) is 10.2 Å². The zero-order chi connectivity index (χ0) is 12.4. The standard InChI is InChI=1S/C12H28O2P2/c1-5-15(6-2)9-12(14)16(7-3,8-4)10-11(15)13/h11-14H,5-10H2,1-4H3/q+2. The molecule has 0 bridgehead atoms. The van der Waals surface area contributed by atoms with E-state index in [0.29, 0.717) is 0 Å². The third-order valence-electron chi connectivity index (χ3n) is 4.84. The van der Waals surface area contributed by atoms with E-state index in [-0.39, 0.29) is 11.7 Å². The van der Waals surface area contributed by atoms with Crippen LogP contribution in [-0.4, -0.2) is 58.9 Å². The molecule has 2 N–H and O–H groups in total. The average Bonchev–Trinajstić information content (AvgIpc) is 2.31. The van der Waals surface area contributed by atoms with Crippen molar-refractivity contribution in [1.82, 2.24) is 0 Å². The first-order valence-corrected chi connectivity index (χ1v) is 11.4. The summed E-state index contributed by atoms with van der Waals surface area (Å²) in [5.41, 5.74) is 0. The largest absolute Gasteiger partial charge is 0.356 e. The smallest absolute Gasteiger partial charge is 0.198 e. The summed E-state index contributed by atoms with van der Waals surface area (Å²) < 4.78 is 0. The van der Waals surface area contributed by atoms with Crippen LogP contribution in [0.1, 0.15) is 27.7 Å². The van der Waals surface area contributed by atoms with Crippen molar-refractivity contribution in [3.05, 3.63) is 0 Å². The van der Waals surface area contributed by atoms with Gasteiger partial charge >= 0.3 is 0 Å². The highest BCUT2D eigenvalue weighted by Crippen LogP contribution is 2.76. The fourth-order valence-electron chi connectivity index (χ4n) is 3.05. The molecule has 0 amide bonds. The first kappa shape index (κ1) is 14.8. The Morgan fingerprint density at radius 2 is 1.00 bits per heavy atom. The first-order valence-electron chi connectivity index (χ1n) is 6.58. The van der Waals surface area contributed by atoms with E-state index in [0.717, 1.165) is 37.0 Å². The van der Waals surface area contributed by atoms with E-state index in [1.807, 2.05) is 0 Å². The molecule has 1 aliphatic rings. The van der Waals surface area contributed by atoms with Crippen LogP contribution in [0.15, 0.2) is 0 Å². The van der Waals surface area contributed by atoms with Gasteiger partial charge in [0.15, 0.2) is 11.7 Å². The average molecular weight is 266 g/mol. The van der Waals surface area contributed by atoms with Gasteiger partial charge in [-0.3, -0.25) is 0 Å². The van der Waals surface area contributed by atoms with Crippen molar-refractivity contribution in [3.8, 4) is 0 Å². The number of hydrogen-bond donors (Lipinski definition) is 2. The van der Waals surface area contributed by atoms with Crippen molar-refractivity contribution in [3.63, 3.8) is 0 Å². The van der Waals surface area contributed by atoms with Gasteiger partial charge in [0.05, 0.1) is 39.2 Å². The molecule has 0 saturated carbocycles. The van der Waals surface area contributed by atoms with Gasteiger partial charge in [0.25, 0.3) is 0 Å². The fraction of sp³-hybridized carbons (Fsp3) is 1.00. The fourth-order valence-corrected chi connectivity index (χ4v) is 13.2. The number of aliphatic hydroxyl groups excluding tert-OH is 2. The number of hydrogen-bond acceptors (Lipinski definition) is 2. The quantitative estimate of drug-likeness (QED) is 0.768. The van der Waals surface area contributed by atoms with Crippen molar-refractivity contribution in [1.29, 1.82) is 0 Å². The molecule has 0 aromatic carbocycles. The Morgan fingerprint density at radius 1 is 0.750 bits per heavy atom. The summed E-state index contributed by atoms with van der Waals surface area (Å²) in [5.74, 6) is -0.168. The molecule has 0 radical (unpaired) electrons. The predicted molar refractivity (Wildman–Crippen MR) is 77.8 cm³/mol. The SMILES string of the molecule is CC[P+]1(CC)CC(O)[P+](CC)(CC)CC1O. The van der Waals surface area contributed by atoms with E-state index in [4.69, 9.17) is 0 Å². The van der Waals surface area contributed by atoms with Crippen LogP contribution in [0.3, 0.4) is 0 Å². The zero-order valence-electron chi connectivity index (χ0n) is 11.2. The third kappa shape index (κ3) is 2.32. The maximum Gasteiger partial charge on any atom is 0.198 e. The maximum atomic E-state index is 10.5. The molecule has 16 heavy (non-hydrogen) atoms. The summed E-state index contributed by atoms with van der Waals surface area (Å²) in [4.78, 5) is 0. The molecule has 0 aromatic rings. The lowest BCUT2D eigenvalue weighted by atomic mass is 10.8. The summed E-state index contributed by atoms with van der Waals surface area (Å²) in [5, 5.41) is 21.0.